The Kier molecular flexibility index (Phi) is 3.35. The van der Waals surface area contributed by atoms with E-state index >= 15 is 0 Å². The van der Waals surface area contributed by atoms with Gasteiger partial charge < -0.3 is 0 Å². The lowest BCUT2D eigenvalue weighted by molar-refractivity contribution is 0.493. The van der Waals surface area contributed by atoms with Crippen molar-refractivity contribution in [1.82, 2.24) is 0 Å². The van der Waals surface area contributed by atoms with Gasteiger partial charge in [0.25, 0.3) is 0 Å². The summed E-state index contributed by atoms with van der Waals surface area (Å²) in [6.07, 6.45) is 3.96. The van der Waals surface area contributed by atoms with Crippen molar-refractivity contribution in [3.05, 3.63) is 22.3 Å². The fourth-order valence-corrected chi connectivity index (χ4v) is 2.17. The third kappa shape index (κ3) is 2.46. The number of hydrogen-bond donors (Lipinski definition) is 0. The Balaban J connectivity index is 3.00. The SMILES string of the molecule is CC(C)=C1CCC(C)CC1=C(C)C. The van der Waals surface area contributed by atoms with Gasteiger partial charge in [-0.1, -0.05) is 18.1 Å². The van der Waals surface area contributed by atoms with Crippen molar-refractivity contribution >= 4 is 0 Å². The maximum atomic E-state index is 2.37. The molecule has 74 valence electrons. The highest BCUT2D eigenvalue weighted by atomic mass is 14.2. The van der Waals surface area contributed by atoms with Crippen LogP contribution in [0.2, 0.25) is 0 Å². The van der Waals surface area contributed by atoms with Crippen molar-refractivity contribution in [2.24, 2.45) is 5.92 Å². The minimum Gasteiger partial charge on any atom is -0.0730 e. The predicted molar refractivity (Wildman–Crippen MR) is 59.8 cm³/mol. The zero-order valence-corrected chi connectivity index (χ0v) is 9.70. The van der Waals surface area contributed by atoms with Crippen LogP contribution in [0, 0.1) is 5.92 Å². The largest absolute Gasteiger partial charge is 0.0730 e. The van der Waals surface area contributed by atoms with Gasteiger partial charge in [-0.15, -0.1) is 0 Å². The molecular formula is C13H22. The molecule has 0 nitrogen and oxygen atoms in total. The lowest BCUT2D eigenvalue weighted by atomic mass is 9.79. The predicted octanol–water partition coefficient (Wildman–Crippen LogP) is 4.48. The fraction of sp³-hybridized carbons (Fsp3) is 0.692. The molecule has 0 bridgehead atoms. The molecule has 1 aliphatic carbocycles. The number of allylic oxidation sites excluding steroid dienone is 4. The molecule has 13 heavy (non-hydrogen) atoms. The third-order valence-electron chi connectivity index (χ3n) is 3.01. The second-order valence-corrected chi connectivity index (χ2v) is 4.81. The maximum absolute atomic E-state index is 2.37. The van der Waals surface area contributed by atoms with E-state index in [1.807, 2.05) is 0 Å². The van der Waals surface area contributed by atoms with Crippen LogP contribution < -0.4 is 0 Å². The van der Waals surface area contributed by atoms with Crippen molar-refractivity contribution in [1.29, 1.82) is 0 Å². The Bertz CT molecular complexity index is 245. The van der Waals surface area contributed by atoms with Gasteiger partial charge in [-0.25, -0.2) is 0 Å². The Labute approximate surface area is 82.7 Å². The summed E-state index contributed by atoms with van der Waals surface area (Å²) in [6.45, 7) is 11.3. The molecule has 1 unspecified atom stereocenters. The summed E-state index contributed by atoms with van der Waals surface area (Å²) in [5.74, 6) is 0.882. The molecule has 0 aromatic carbocycles. The molecule has 0 aliphatic heterocycles. The number of rotatable bonds is 0. The first-order valence-corrected chi connectivity index (χ1v) is 5.35. The van der Waals surface area contributed by atoms with Gasteiger partial charge in [0, 0.05) is 0 Å². The van der Waals surface area contributed by atoms with E-state index in [1.165, 1.54) is 30.4 Å². The average Bonchev–Trinajstić information content (AvgIpc) is 2.03. The second-order valence-electron chi connectivity index (χ2n) is 4.81. The molecule has 1 saturated carbocycles. The van der Waals surface area contributed by atoms with E-state index < -0.39 is 0 Å². The Morgan fingerprint density at radius 1 is 1.00 bits per heavy atom. The van der Waals surface area contributed by atoms with E-state index in [1.54, 1.807) is 11.1 Å². The monoisotopic (exact) mass is 178 g/mol. The summed E-state index contributed by atoms with van der Waals surface area (Å²) in [5, 5.41) is 0. The normalized spacial score (nSPS) is 23.3. The van der Waals surface area contributed by atoms with E-state index in [0.717, 1.165) is 5.92 Å². The first-order chi connectivity index (χ1) is 6.02. The van der Waals surface area contributed by atoms with Crippen LogP contribution >= 0.6 is 0 Å². The van der Waals surface area contributed by atoms with Crippen molar-refractivity contribution in [2.75, 3.05) is 0 Å². The highest BCUT2D eigenvalue weighted by Gasteiger charge is 2.18. The van der Waals surface area contributed by atoms with Gasteiger partial charge in [0.2, 0.25) is 0 Å². The average molecular weight is 178 g/mol. The molecule has 0 radical (unpaired) electrons. The van der Waals surface area contributed by atoms with E-state index in [2.05, 4.69) is 34.6 Å². The highest BCUT2D eigenvalue weighted by molar-refractivity contribution is 5.38. The third-order valence-corrected chi connectivity index (χ3v) is 3.01. The molecule has 0 aromatic heterocycles. The standard InChI is InChI=1S/C13H22/c1-9(2)12-7-6-11(5)8-13(12)10(3)4/h11H,6-8H2,1-5H3. The number of hydrogen-bond acceptors (Lipinski definition) is 0. The maximum Gasteiger partial charge on any atom is -0.0251 e. The minimum atomic E-state index is 0.882. The first-order valence-electron chi connectivity index (χ1n) is 5.35. The van der Waals surface area contributed by atoms with Gasteiger partial charge in [-0.3, -0.25) is 0 Å². The zero-order valence-electron chi connectivity index (χ0n) is 9.70. The van der Waals surface area contributed by atoms with E-state index in [4.69, 9.17) is 0 Å². The fourth-order valence-electron chi connectivity index (χ4n) is 2.17. The molecule has 0 N–H and O–H groups in total. The van der Waals surface area contributed by atoms with Crippen LogP contribution in [0.25, 0.3) is 0 Å². The van der Waals surface area contributed by atoms with Crippen LogP contribution in [0.1, 0.15) is 53.9 Å². The molecule has 1 aliphatic rings. The Morgan fingerprint density at radius 2 is 1.54 bits per heavy atom. The second kappa shape index (κ2) is 4.13. The van der Waals surface area contributed by atoms with Crippen molar-refractivity contribution in [3.8, 4) is 0 Å². The molecular weight excluding hydrogens is 156 g/mol. The zero-order chi connectivity index (χ0) is 10.0. The molecule has 0 amide bonds. The summed E-state index contributed by atoms with van der Waals surface area (Å²) in [7, 11) is 0. The Hall–Kier alpha value is -0.520. The molecule has 0 spiro atoms. The molecule has 0 heteroatoms. The molecule has 1 rings (SSSR count). The van der Waals surface area contributed by atoms with Crippen LogP contribution in [0.5, 0.6) is 0 Å². The quantitative estimate of drug-likeness (QED) is 0.513. The summed E-state index contributed by atoms with van der Waals surface area (Å²) in [4.78, 5) is 0. The molecule has 0 saturated heterocycles. The molecule has 1 atom stereocenters. The highest BCUT2D eigenvalue weighted by Crippen LogP contribution is 2.36. The van der Waals surface area contributed by atoms with Crippen LogP contribution in [-0.2, 0) is 0 Å². The summed E-state index contributed by atoms with van der Waals surface area (Å²) in [6, 6.07) is 0. The van der Waals surface area contributed by atoms with Gasteiger partial charge in [-0.2, -0.15) is 0 Å². The smallest absolute Gasteiger partial charge is 0.0251 e. The van der Waals surface area contributed by atoms with Crippen molar-refractivity contribution in [3.63, 3.8) is 0 Å². The molecule has 0 aromatic rings. The van der Waals surface area contributed by atoms with Gasteiger partial charge in [0.1, 0.15) is 0 Å². The van der Waals surface area contributed by atoms with Crippen molar-refractivity contribution < 1.29 is 0 Å². The van der Waals surface area contributed by atoms with E-state index in [-0.39, 0.29) is 0 Å². The lowest BCUT2D eigenvalue weighted by Gasteiger charge is -2.26. The minimum absolute atomic E-state index is 0.882. The summed E-state index contributed by atoms with van der Waals surface area (Å²) < 4.78 is 0. The van der Waals surface area contributed by atoms with Gasteiger partial charge in [0.15, 0.2) is 0 Å². The van der Waals surface area contributed by atoms with Crippen LogP contribution in [0.15, 0.2) is 22.3 Å². The van der Waals surface area contributed by atoms with Crippen LogP contribution in [-0.4, -0.2) is 0 Å². The van der Waals surface area contributed by atoms with Gasteiger partial charge in [-0.05, 0) is 64.0 Å². The summed E-state index contributed by atoms with van der Waals surface area (Å²) >= 11 is 0. The molecule has 1 fully saturated rings. The van der Waals surface area contributed by atoms with E-state index in [0.29, 0.717) is 0 Å². The summed E-state index contributed by atoms with van der Waals surface area (Å²) in [5.41, 5.74) is 6.31. The van der Waals surface area contributed by atoms with Gasteiger partial charge in [0.05, 0.1) is 0 Å². The first kappa shape index (κ1) is 10.6. The van der Waals surface area contributed by atoms with Crippen LogP contribution in [0.3, 0.4) is 0 Å². The lowest BCUT2D eigenvalue weighted by Crippen LogP contribution is -2.09. The van der Waals surface area contributed by atoms with Crippen molar-refractivity contribution in [2.45, 2.75) is 53.9 Å². The molecule has 0 heterocycles. The topological polar surface area (TPSA) is 0 Å². The Morgan fingerprint density at radius 3 is 2.00 bits per heavy atom. The van der Waals surface area contributed by atoms with Gasteiger partial charge >= 0.3 is 0 Å². The van der Waals surface area contributed by atoms with Crippen LogP contribution in [0.4, 0.5) is 0 Å². The van der Waals surface area contributed by atoms with E-state index in [9.17, 15) is 0 Å².